The van der Waals surface area contributed by atoms with Crippen LogP contribution >= 0.6 is 0 Å². The zero-order valence-electron chi connectivity index (χ0n) is 8.58. The van der Waals surface area contributed by atoms with Crippen molar-refractivity contribution in [2.24, 2.45) is 0 Å². The van der Waals surface area contributed by atoms with E-state index in [1.807, 2.05) is 0 Å². The standard InChI is InChI=1S/C11H20N2/c1-3-10(2)13-8-7-12-6-4-5-11(12)9-13/h3,10-11H,1,4-9H2,2H3. The third-order valence-electron chi connectivity index (χ3n) is 3.54. The normalized spacial score (nSPS) is 32.8. The Bertz CT molecular complexity index is 191. The Labute approximate surface area is 81.2 Å². The number of piperazine rings is 1. The fraction of sp³-hybridized carbons (Fsp3) is 0.818. The fourth-order valence-electron chi connectivity index (χ4n) is 2.53. The summed E-state index contributed by atoms with van der Waals surface area (Å²) < 4.78 is 0. The average molecular weight is 180 g/mol. The molecule has 0 amide bonds. The van der Waals surface area contributed by atoms with E-state index in [0.29, 0.717) is 6.04 Å². The molecule has 2 heterocycles. The smallest absolute Gasteiger partial charge is 0.0248 e. The van der Waals surface area contributed by atoms with Gasteiger partial charge in [-0.15, -0.1) is 6.58 Å². The highest BCUT2D eigenvalue weighted by atomic mass is 15.3. The minimum absolute atomic E-state index is 0.558. The maximum Gasteiger partial charge on any atom is 0.0248 e. The molecule has 2 aliphatic heterocycles. The van der Waals surface area contributed by atoms with Crippen LogP contribution in [0.2, 0.25) is 0 Å². The van der Waals surface area contributed by atoms with Crippen LogP contribution < -0.4 is 0 Å². The Kier molecular flexibility index (Phi) is 2.70. The van der Waals surface area contributed by atoms with Crippen molar-refractivity contribution >= 4 is 0 Å². The third-order valence-corrected chi connectivity index (χ3v) is 3.54. The van der Waals surface area contributed by atoms with E-state index in [0.717, 1.165) is 6.04 Å². The second-order valence-corrected chi connectivity index (χ2v) is 4.30. The SMILES string of the molecule is C=CC(C)N1CCN2CCCC2C1. The molecule has 2 atom stereocenters. The Hall–Kier alpha value is -0.340. The van der Waals surface area contributed by atoms with Gasteiger partial charge < -0.3 is 0 Å². The lowest BCUT2D eigenvalue weighted by molar-refractivity contribution is 0.0906. The van der Waals surface area contributed by atoms with E-state index in [1.54, 1.807) is 0 Å². The van der Waals surface area contributed by atoms with Crippen molar-refractivity contribution < 1.29 is 0 Å². The molecule has 2 nitrogen and oxygen atoms in total. The van der Waals surface area contributed by atoms with Gasteiger partial charge in [-0.2, -0.15) is 0 Å². The largest absolute Gasteiger partial charge is 0.298 e. The molecule has 0 bridgehead atoms. The van der Waals surface area contributed by atoms with Crippen molar-refractivity contribution in [2.45, 2.75) is 31.8 Å². The molecule has 0 aromatic rings. The number of hydrogen-bond donors (Lipinski definition) is 0. The summed E-state index contributed by atoms with van der Waals surface area (Å²) in [4.78, 5) is 5.20. The van der Waals surface area contributed by atoms with E-state index in [-0.39, 0.29) is 0 Å². The Morgan fingerprint density at radius 2 is 2.23 bits per heavy atom. The van der Waals surface area contributed by atoms with E-state index in [2.05, 4.69) is 29.4 Å². The van der Waals surface area contributed by atoms with E-state index in [4.69, 9.17) is 0 Å². The summed E-state index contributed by atoms with van der Waals surface area (Å²) in [6, 6.07) is 1.40. The van der Waals surface area contributed by atoms with Crippen molar-refractivity contribution in [3.63, 3.8) is 0 Å². The summed E-state index contributed by atoms with van der Waals surface area (Å²) in [5.41, 5.74) is 0. The number of rotatable bonds is 2. The van der Waals surface area contributed by atoms with Crippen molar-refractivity contribution in [1.29, 1.82) is 0 Å². The lowest BCUT2D eigenvalue weighted by atomic mass is 10.1. The van der Waals surface area contributed by atoms with Crippen LogP contribution in [0.15, 0.2) is 12.7 Å². The molecule has 0 saturated carbocycles. The first-order chi connectivity index (χ1) is 6.31. The van der Waals surface area contributed by atoms with Gasteiger partial charge in [0.05, 0.1) is 0 Å². The van der Waals surface area contributed by atoms with Gasteiger partial charge in [0.15, 0.2) is 0 Å². The molecule has 74 valence electrons. The van der Waals surface area contributed by atoms with Crippen LogP contribution in [0.25, 0.3) is 0 Å². The highest BCUT2D eigenvalue weighted by Gasteiger charge is 2.31. The van der Waals surface area contributed by atoms with Gasteiger partial charge >= 0.3 is 0 Å². The minimum atomic E-state index is 0.558. The predicted molar refractivity (Wildman–Crippen MR) is 55.8 cm³/mol. The van der Waals surface area contributed by atoms with Crippen LogP contribution in [0.3, 0.4) is 0 Å². The van der Waals surface area contributed by atoms with Gasteiger partial charge in [-0.3, -0.25) is 9.80 Å². The molecule has 2 saturated heterocycles. The number of nitrogens with zero attached hydrogens (tertiary/aromatic N) is 2. The topological polar surface area (TPSA) is 6.48 Å². The second kappa shape index (κ2) is 3.81. The quantitative estimate of drug-likeness (QED) is 0.592. The molecular formula is C11H20N2. The van der Waals surface area contributed by atoms with E-state index in [1.165, 1.54) is 39.0 Å². The van der Waals surface area contributed by atoms with Crippen LogP contribution in [0.4, 0.5) is 0 Å². The number of hydrogen-bond acceptors (Lipinski definition) is 2. The fourth-order valence-corrected chi connectivity index (χ4v) is 2.53. The summed E-state index contributed by atoms with van der Waals surface area (Å²) in [6.07, 6.45) is 4.87. The van der Waals surface area contributed by atoms with Gasteiger partial charge in [-0.25, -0.2) is 0 Å². The molecule has 0 aromatic carbocycles. The lowest BCUT2D eigenvalue weighted by Gasteiger charge is -2.39. The van der Waals surface area contributed by atoms with Crippen molar-refractivity contribution in [2.75, 3.05) is 26.2 Å². The summed E-state index contributed by atoms with van der Waals surface area (Å²) >= 11 is 0. The van der Waals surface area contributed by atoms with Crippen LogP contribution in [0.5, 0.6) is 0 Å². The molecule has 0 radical (unpaired) electrons. The lowest BCUT2D eigenvalue weighted by Crippen LogP contribution is -2.52. The predicted octanol–water partition coefficient (Wildman–Crippen LogP) is 1.34. The molecule has 0 N–H and O–H groups in total. The van der Waals surface area contributed by atoms with Crippen LogP contribution in [0, 0.1) is 0 Å². The van der Waals surface area contributed by atoms with Gasteiger partial charge in [0, 0.05) is 31.7 Å². The first-order valence-corrected chi connectivity index (χ1v) is 5.42. The Morgan fingerprint density at radius 3 is 3.00 bits per heavy atom. The zero-order chi connectivity index (χ0) is 9.26. The van der Waals surface area contributed by atoms with Crippen LogP contribution in [0.1, 0.15) is 19.8 Å². The molecular weight excluding hydrogens is 160 g/mol. The average Bonchev–Trinajstić information content (AvgIpc) is 2.63. The van der Waals surface area contributed by atoms with E-state index in [9.17, 15) is 0 Å². The zero-order valence-corrected chi connectivity index (χ0v) is 8.58. The van der Waals surface area contributed by atoms with Crippen LogP contribution in [-0.4, -0.2) is 48.1 Å². The van der Waals surface area contributed by atoms with Gasteiger partial charge in [-0.1, -0.05) is 6.08 Å². The van der Waals surface area contributed by atoms with E-state index >= 15 is 0 Å². The summed E-state index contributed by atoms with van der Waals surface area (Å²) in [7, 11) is 0. The second-order valence-electron chi connectivity index (χ2n) is 4.30. The van der Waals surface area contributed by atoms with Gasteiger partial charge in [0.25, 0.3) is 0 Å². The monoisotopic (exact) mass is 180 g/mol. The number of fused-ring (bicyclic) bond motifs is 1. The first-order valence-electron chi connectivity index (χ1n) is 5.42. The molecule has 2 heteroatoms. The maximum atomic E-state index is 3.87. The summed E-state index contributed by atoms with van der Waals surface area (Å²) in [5.74, 6) is 0. The molecule has 0 spiro atoms. The molecule has 2 aliphatic rings. The maximum absolute atomic E-state index is 3.87. The Morgan fingerprint density at radius 1 is 1.38 bits per heavy atom. The highest BCUT2D eigenvalue weighted by Crippen LogP contribution is 2.22. The van der Waals surface area contributed by atoms with E-state index < -0.39 is 0 Å². The summed E-state index contributed by atoms with van der Waals surface area (Å²) in [6.45, 7) is 11.2. The molecule has 2 fully saturated rings. The molecule has 2 rings (SSSR count). The molecule has 2 unspecified atom stereocenters. The minimum Gasteiger partial charge on any atom is -0.298 e. The van der Waals surface area contributed by atoms with Crippen LogP contribution in [-0.2, 0) is 0 Å². The van der Waals surface area contributed by atoms with Crippen molar-refractivity contribution in [3.8, 4) is 0 Å². The van der Waals surface area contributed by atoms with Gasteiger partial charge in [0.2, 0.25) is 0 Å². The molecule has 0 aliphatic carbocycles. The van der Waals surface area contributed by atoms with Crippen molar-refractivity contribution in [1.82, 2.24) is 9.80 Å². The third kappa shape index (κ3) is 1.79. The van der Waals surface area contributed by atoms with Crippen molar-refractivity contribution in [3.05, 3.63) is 12.7 Å². The first kappa shape index (κ1) is 9.22. The Balaban J connectivity index is 1.93. The molecule has 0 aromatic heterocycles. The highest BCUT2D eigenvalue weighted by molar-refractivity contribution is 4.92. The summed E-state index contributed by atoms with van der Waals surface area (Å²) in [5, 5.41) is 0. The van der Waals surface area contributed by atoms with Gasteiger partial charge in [0.1, 0.15) is 0 Å². The molecule has 13 heavy (non-hydrogen) atoms. The van der Waals surface area contributed by atoms with Gasteiger partial charge in [-0.05, 0) is 26.3 Å².